The van der Waals surface area contributed by atoms with Crippen molar-refractivity contribution in [1.82, 2.24) is 10.3 Å². The predicted octanol–water partition coefficient (Wildman–Crippen LogP) is 1.47. The van der Waals surface area contributed by atoms with Crippen molar-refractivity contribution in [2.45, 2.75) is 25.9 Å². The maximum absolute atomic E-state index is 5.66. The summed E-state index contributed by atoms with van der Waals surface area (Å²) in [5.74, 6) is 1.74. The van der Waals surface area contributed by atoms with Crippen molar-refractivity contribution in [2.75, 3.05) is 6.61 Å². The molecule has 2 heterocycles. The summed E-state index contributed by atoms with van der Waals surface area (Å²) >= 11 is 0. The molecule has 0 spiro atoms. The van der Waals surface area contributed by atoms with E-state index < -0.39 is 0 Å². The van der Waals surface area contributed by atoms with E-state index in [0.717, 1.165) is 31.4 Å². The van der Waals surface area contributed by atoms with Gasteiger partial charge in [0.05, 0.1) is 18.5 Å². The summed E-state index contributed by atoms with van der Waals surface area (Å²) in [7, 11) is 0. The number of fused-ring (bicyclic) bond motifs is 1. The van der Waals surface area contributed by atoms with Gasteiger partial charge in [-0.1, -0.05) is 0 Å². The lowest BCUT2D eigenvalue weighted by Crippen LogP contribution is -2.00. The summed E-state index contributed by atoms with van der Waals surface area (Å²) in [6.45, 7) is 2.70. The van der Waals surface area contributed by atoms with Crippen LogP contribution in [0.1, 0.15) is 24.1 Å². The van der Waals surface area contributed by atoms with Crippen LogP contribution >= 0.6 is 0 Å². The van der Waals surface area contributed by atoms with Crippen LogP contribution in [-0.4, -0.2) is 11.6 Å². The quantitative estimate of drug-likeness (QED) is 0.783. The highest BCUT2D eigenvalue weighted by molar-refractivity contribution is 5.31. The first kappa shape index (κ1) is 8.24. The van der Waals surface area contributed by atoms with Crippen LogP contribution in [0.2, 0.25) is 0 Å². The molecule has 3 rings (SSSR count). The van der Waals surface area contributed by atoms with Crippen LogP contribution in [0.15, 0.2) is 12.3 Å². The molecule has 74 valence electrons. The smallest absolute Gasteiger partial charge is 0.137 e. The second kappa shape index (κ2) is 3.24. The van der Waals surface area contributed by atoms with Crippen molar-refractivity contribution in [3.8, 4) is 5.75 Å². The Balaban J connectivity index is 1.71. The Hall–Kier alpha value is -1.09. The molecular weight excluding hydrogens is 176 g/mol. The van der Waals surface area contributed by atoms with E-state index in [2.05, 4.69) is 16.4 Å². The zero-order valence-electron chi connectivity index (χ0n) is 8.12. The zero-order chi connectivity index (χ0) is 9.38. The van der Waals surface area contributed by atoms with Crippen LogP contribution in [-0.2, 0) is 13.1 Å². The first-order valence-electron chi connectivity index (χ1n) is 5.23. The third kappa shape index (κ3) is 1.60. The Labute approximate surface area is 83.5 Å². The molecule has 14 heavy (non-hydrogen) atoms. The highest BCUT2D eigenvalue weighted by atomic mass is 16.5. The summed E-state index contributed by atoms with van der Waals surface area (Å²) < 4.78 is 5.66. The van der Waals surface area contributed by atoms with Gasteiger partial charge in [-0.2, -0.15) is 0 Å². The van der Waals surface area contributed by atoms with Gasteiger partial charge in [-0.15, -0.1) is 0 Å². The Morgan fingerprint density at radius 3 is 3.21 bits per heavy atom. The van der Waals surface area contributed by atoms with E-state index in [1.54, 1.807) is 0 Å². The van der Waals surface area contributed by atoms with Crippen LogP contribution in [0.5, 0.6) is 5.75 Å². The lowest BCUT2D eigenvalue weighted by atomic mass is 10.2. The molecule has 0 amide bonds. The molecular formula is C11H14N2O. The fraction of sp³-hybridized carbons (Fsp3) is 0.545. The van der Waals surface area contributed by atoms with Gasteiger partial charge in [0.1, 0.15) is 5.75 Å². The molecule has 0 atom stereocenters. The zero-order valence-corrected chi connectivity index (χ0v) is 8.12. The normalized spacial score (nSPS) is 19.4. The number of pyridine rings is 1. The van der Waals surface area contributed by atoms with Crippen molar-refractivity contribution in [3.63, 3.8) is 0 Å². The molecule has 1 aliphatic heterocycles. The SMILES string of the molecule is c1nc2c(cc1OCC1CC1)CNC2. The number of rotatable bonds is 3. The summed E-state index contributed by atoms with van der Waals surface area (Å²) in [4.78, 5) is 4.37. The van der Waals surface area contributed by atoms with Gasteiger partial charge in [-0.3, -0.25) is 4.98 Å². The largest absolute Gasteiger partial charge is 0.492 e. The number of hydrogen-bond acceptors (Lipinski definition) is 3. The van der Waals surface area contributed by atoms with E-state index in [0.29, 0.717) is 0 Å². The highest BCUT2D eigenvalue weighted by Crippen LogP contribution is 2.29. The molecule has 0 saturated heterocycles. The minimum atomic E-state index is 0.807. The molecule has 1 N–H and O–H groups in total. The standard InChI is InChI=1S/C11H14N2O/c1-2-8(1)7-14-10-3-9-4-12-6-11(9)13-5-10/h3,5,8,12H,1-2,4,6-7H2. The third-order valence-corrected chi connectivity index (χ3v) is 2.83. The minimum Gasteiger partial charge on any atom is -0.492 e. The molecule has 1 aliphatic carbocycles. The van der Waals surface area contributed by atoms with E-state index >= 15 is 0 Å². The van der Waals surface area contributed by atoms with Crippen molar-refractivity contribution in [3.05, 3.63) is 23.5 Å². The molecule has 0 unspecified atom stereocenters. The van der Waals surface area contributed by atoms with Gasteiger partial charge in [0.2, 0.25) is 0 Å². The molecule has 0 aromatic carbocycles. The Kier molecular flexibility index (Phi) is 1.91. The first-order valence-corrected chi connectivity index (χ1v) is 5.23. The van der Waals surface area contributed by atoms with Crippen molar-refractivity contribution in [1.29, 1.82) is 0 Å². The average Bonchev–Trinajstić information content (AvgIpc) is 2.92. The monoisotopic (exact) mass is 190 g/mol. The van der Waals surface area contributed by atoms with E-state index in [9.17, 15) is 0 Å². The molecule has 3 heteroatoms. The molecule has 1 saturated carbocycles. The summed E-state index contributed by atoms with van der Waals surface area (Å²) in [5.41, 5.74) is 2.46. The van der Waals surface area contributed by atoms with Gasteiger partial charge in [0, 0.05) is 13.1 Å². The van der Waals surface area contributed by atoms with Crippen molar-refractivity contribution in [2.24, 2.45) is 5.92 Å². The van der Waals surface area contributed by atoms with Crippen molar-refractivity contribution >= 4 is 0 Å². The summed E-state index contributed by atoms with van der Waals surface area (Å²) in [6.07, 6.45) is 4.51. The molecule has 0 bridgehead atoms. The fourth-order valence-corrected chi connectivity index (χ4v) is 1.72. The second-order valence-corrected chi connectivity index (χ2v) is 4.13. The van der Waals surface area contributed by atoms with Gasteiger partial charge in [0.15, 0.2) is 0 Å². The molecule has 0 radical (unpaired) electrons. The van der Waals surface area contributed by atoms with E-state index in [1.807, 2.05) is 6.20 Å². The predicted molar refractivity (Wildman–Crippen MR) is 53.0 cm³/mol. The Bertz CT molecular complexity index is 347. The Morgan fingerprint density at radius 1 is 1.43 bits per heavy atom. The minimum absolute atomic E-state index is 0.807. The Morgan fingerprint density at radius 2 is 2.36 bits per heavy atom. The summed E-state index contributed by atoms with van der Waals surface area (Å²) in [6, 6.07) is 2.12. The third-order valence-electron chi connectivity index (χ3n) is 2.83. The lowest BCUT2D eigenvalue weighted by Gasteiger charge is -2.05. The molecule has 1 aromatic rings. The van der Waals surface area contributed by atoms with E-state index in [-0.39, 0.29) is 0 Å². The van der Waals surface area contributed by atoms with Crippen LogP contribution < -0.4 is 10.1 Å². The van der Waals surface area contributed by atoms with Crippen LogP contribution in [0.4, 0.5) is 0 Å². The number of nitrogens with one attached hydrogen (secondary N) is 1. The van der Waals surface area contributed by atoms with Gasteiger partial charge >= 0.3 is 0 Å². The van der Waals surface area contributed by atoms with Crippen molar-refractivity contribution < 1.29 is 4.74 Å². The first-order chi connectivity index (χ1) is 6.92. The number of ether oxygens (including phenoxy) is 1. The number of hydrogen-bond donors (Lipinski definition) is 1. The average molecular weight is 190 g/mol. The topological polar surface area (TPSA) is 34.1 Å². The maximum atomic E-state index is 5.66. The van der Waals surface area contributed by atoms with Gasteiger partial charge in [-0.05, 0) is 30.4 Å². The van der Waals surface area contributed by atoms with Gasteiger partial charge in [0.25, 0.3) is 0 Å². The summed E-state index contributed by atoms with van der Waals surface area (Å²) in [5, 5.41) is 3.27. The van der Waals surface area contributed by atoms with Crippen LogP contribution in [0.3, 0.4) is 0 Å². The van der Waals surface area contributed by atoms with E-state index in [4.69, 9.17) is 4.74 Å². The molecule has 1 aromatic heterocycles. The molecule has 3 nitrogen and oxygen atoms in total. The van der Waals surface area contributed by atoms with Crippen LogP contribution in [0.25, 0.3) is 0 Å². The molecule has 2 aliphatic rings. The van der Waals surface area contributed by atoms with E-state index in [1.165, 1.54) is 24.1 Å². The number of nitrogens with zero attached hydrogens (tertiary/aromatic N) is 1. The fourth-order valence-electron chi connectivity index (χ4n) is 1.72. The maximum Gasteiger partial charge on any atom is 0.137 e. The highest BCUT2D eigenvalue weighted by Gasteiger charge is 2.22. The second-order valence-electron chi connectivity index (χ2n) is 4.13. The van der Waals surface area contributed by atoms with Gasteiger partial charge in [-0.25, -0.2) is 0 Å². The van der Waals surface area contributed by atoms with Crippen LogP contribution in [0, 0.1) is 5.92 Å². The lowest BCUT2D eigenvalue weighted by molar-refractivity contribution is 0.298. The number of aromatic nitrogens is 1. The molecule has 1 fully saturated rings. The van der Waals surface area contributed by atoms with Gasteiger partial charge < -0.3 is 10.1 Å².